The molecule has 0 atom stereocenters. The van der Waals surface area contributed by atoms with E-state index in [0.717, 1.165) is 18.9 Å². The van der Waals surface area contributed by atoms with Crippen LogP contribution in [-0.2, 0) is 4.79 Å². The molecular weight excluding hydrogens is 353 g/mol. The van der Waals surface area contributed by atoms with Crippen molar-refractivity contribution in [2.45, 2.75) is 28.7 Å². The molecule has 19 heavy (non-hydrogen) atoms. The number of carbonyl (C=O) groups is 1. The van der Waals surface area contributed by atoms with E-state index in [2.05, 4.69) is 20.9 Å². The molecule has 3 nitrogen and oxygen atoms in total. The quantitative estimate of drug-likeness (QED) is 0.893. The average molecular weight is 362 g/mol. The summed E-state index contributed by atoms with van der Waals surface area (Å²) in [6, 6.07) is 3.72. The number of aliphatic carboxylic acids is 1. The minimum Gasteiger partial charge on any atom is -0.480 e. The minimum atomic E-state index is -1.03. The van der Waals surface area contributed by atoms with Crippen molar-refractivity contribution in [1.82, 2.24) is 4.98 Å². The number of nitrogens with zero attached hydrogens (tertiary/aromatic N) is 1. The average Bonchev–Trinajstić information content (AvgIpc) is 2.67. The Hall–Kier alpha value is -0.660. The molecule has 1 N–H and O–H groups in total. The van der Waals surface area contributed by atoms with Crippen LogP contribution in [0.25, 0.3) is 10.2 Å². The number of pyridine rings is 1. The number of aromatic nitrogens is 1. The van der Waals surface area contributed by atoms with Crippen molar-refractivity contribution in [3.05, 3.63) is 22.1 Å². The van der Waals surface area contributed by atoms with Crippen molar-refractivity contribution < 1.29 is 14.3 Å². The zero-order valence-electron chi connectivity index (χ0n) is 9.60. The summed E-state index contributed by atoms with van der Waals surface area (Å²) >= 11 is 6.14. The van der Waals surface area contributed by atoms with Crippen LogP contribution in [0.1, 0.15) is 12.8 Å². The van der Waals surface area contributed by atoms with E-state index in [1.807, 2.05) is 6.07 Å². The Kier molecular flexibility index (Phi) is 3.31. The topological polar surface area (TPSA) is 50.2 Å². The second-order valence-electron chi connectivity index (χ2n) is 4.49. The number of hydrogen-bond donors (Lipinski definition) is 1. The molecule has 2 aromatic rings. The van der Waals surface area contributed by atoms with Crippen molar-refractivity contribution in [2.24, 2.45) is 0 Å². The first-order chi connectivity index (χ1) is 9.00. The lowest BCUT2D eigenvalue weighted by molar-refractivity contribution is -0.144. The molecule has 0 amide bonds. The molecule has 0 unspecified atom stereocenters. The Bertz CT molecular complexity index is 654. The highest BCUT2D eigenvalue weighted by atomic mass is 79.9. The number of thioether (sulfide) groups is 1. The number of alkyl halides is 1. The van der Waals surface area contributed by atoms with Crippen molar-refractivity contribution >= 4 is 55.2 Å². The highest BCUT2D eigenvalue weighted by Gasteiger charge is 2.52. The third-order valence-electron chi connectivity index (χ3n) is 3.16. The number of carboxylic acid groups (broad SMARTS) is 1. The summed E-state index contributed by atoms with van der Waals surface area (Å²) in [4.78, 5) is 17.3. The molecule has 1 aliphatic carbocycles. The van der Waals surface area contributed by atoms with Gasteiger partial charge in [-0.05, 0) is 28.1 Å². The van der Waals surface area contributed by atoms with E-state index in [1.54, 1.807) is 12.3 Å². The Morgan fingerprint density at radius 2 is 2.37 bits per heavy atom. The fourth-order valence-electron chi connectivity index (χ4n) is 2.14. The standard InChI is InChI=1S/C12H9BrFNO2S2/c13-9-3-7-8(1-2-15-10(7)18-9)19-12(11(16)17)4-6(14)5-12/h1-3,6H,4-5H2,(H,16,17). The van der Waals surface area contributed by atoms with Gasteiger partial charge in [0.05, 0.1) is 3.79 Å². The van der Waals surface area contributed by atoms with Gasteiger partial charge in [0.25, 0.3) is 0 Å². The van der Waals surface area contributed by atoms with Gasteiger partial charge in [-0.15, -0.1) is 23.1 Å². The van der Waals surface area contributed by atoms with Crippen LogP contribution in [0, 0.1) is 0 Å². The zero-order valence-corrected chi connectivity index (χ0v) is 12.8. The van der Waals surface area contributed by atoms with E-state index in [0.29, 0.717) is 0 Å². The highest BCUT2D eigenvalue weighted by molar-refractivity contribution is 9.11. The molecule has 2 aromatic heterocycles. The van der Waals surface area contributed by atoms with Crippen LogP contribution in [0.2, 0.25) is 0 Å². The maximum atomic E-state index is 13.1. The lowest BCUT2D eigenvalue weighted by Crippen LogP contribution is -2.48. The van der Waals surface area contributed by atoms with Gasteiger partial charge in [-0.2, -0.15) is 0 Å². The lowest BCUT2D eigenvalue weighted by Gasteiger charge is -2.39. The molecule has 0 radical (unpaired) electrons. The largest absolute Gasteiger partial charge is 0.480 e. The van der Waals surface area contributed by atoms with Gasteiger partial charge in [0.1, 0.15) is 15.7 Å². The van der Waals surface area contributed by atoms with E-state index in [9.17, 15) is 14.3 Å². The summed E-state index contributed by atoms with van der Waals surface area (Å²) in [7, 11) is 0. The molecule has 0 aliphatic heterocycles. The number of halogens is 2. The second-order valence-corrected chi connectivity index (χ2v) is 8.32. The summed E-state index contributed by atoms with van der Waals surface area (Å²) in [5.41, 5.74) is 0. The van der Waals surface area contributed by atoms with Gasteiger partial charge >= 0.3 is 5.97 Å². The van der Waals surface area contributed by atoms with Crippen molar-refractivity contribution in [2.75, 3.05) is 0 Å². The summed E-state index contributed by atoms with van der Waals surface area (Å²) in [5, 5.41) is 10.3. The summed E-state index contributed by atoms with van der Waals surface area (Å²) in [6.45, 7) is 0. The van der Waals surface area contributed by atoms with Crippen LogP contribution < -0.4 is 0 Å². The number of hydrogen-bond acceptors (Lipinski definition) is 4. The number of rotatable bonds is 3. The second kappa shape index (κ2) is 4.71. The molecule has 0 bridgehead atoms. The monoisotopic (exact) mass is 361 g/mol. The fraction of sp³-hybridized carbons (Fsp3) is 0.333. The van der Waals surface area contributed by atoms with Gasteiger partial charge in [-0.25, -0.2) is 9.37 Å². The normalized spacial score (nSPS) is 26.3. The van der Waals surface area contributed by atoms with Gasteiger partial charge in [0, 0.05) is 29.3 Å². The number of thiophene rings is 1. The maximum Gasteiger partial charge on any atom is 0.320 e. The van der Waals surface area contributed by atoms with Crippen LogP contribution >= 0.6 is 39.0 Å². The molecule has 2 heterocycles. The van der Waals surface area contributed by atoms with E-state index >= 15 is 0 Å². The molecule has 3 rings (SSSR count). The first-order valence-electron chi connectivity index (χ1n) is 5.61. The highest BCUT2D eigenvalue weighted by Crippen LogP contribution is 2.51. The molecule has 1 aliphatic rings. The van der Waals surface area contributed by atoms with Crippen LogP contribution in [-0.4, -0.2) is 27.0 Å². The smallest absolute Gasteiger partial charge is 0.320 e. The molecular formula is C12H9BrFNO2S2. The van der Waals surface area contributed by atoms with Crippen LogP contribution in [0.4, 0.5) is 4.39 Å². The summed E-state index contributed by atoms with van der Waals surface area (Å²) < 4.78 is 13.0. The minimum absolute atomic E-state index is 0.0716. The van der Waals surface area contributed by atoms with Gasteiger partial charge in [0.15, 0.2) is 0 Å². The van der Waals surface area contributed by atoms with E-state index < -0.39 is 16.9 Å². The van der Waals surface area contributed by atoms with Gasteiger partial charge in [-0.1, -0.05) is 0 Å². The number of carboxylic acids is 1. The predicted molar refractivity (Wildman–Crippen MR) is 77.7 cm³/mol. The third-order valence-corrected chi connectivity index (χ3v) is 6.18. The molecule has 0 spiro atoms. The van der Waals surface area contributed by atoms with Crippen molar-refractivity contribution in [3.63, 3.8) is 0 Å². The van der Waals surface area contributed by atoms with E-state index in [4.69, 9.17) is 0 Å². The van der Waals surface area contributed by atoms with E-state index in [1.165, 1.54) is 23.1 Å². The Morgan fingerprint density at radius 3 is 3.00 bits per heavy atom. The fourth-order valence-corrected chi connectivity index (χ4v) is 5.08. The molecule has 100 valence electrons. The first kappa shape index (κ1) is 13.3. The molecule has 0 saturated heterocycles. The summed E-state index contributed by atoms with van der Waals surface area (Å²) in [5.74, 6) is -0.939. The maximum absolute atomic E-state index is 13.1. The third kappa shape index (κ3) is 2.28. The zero-order chi connectivity index (χ0) is 13.6. The van der Waals surface area contributed by atoms with Gasteiger partial charge in [0.2, 0.25) is 0 Å². The van der Waals surface area contributed by atoms with Crippen LogP contribution in [0.15, 0.2) is 27.0 Å². The van der Waals surface area contributed by atoms with Gasteiger partial charge in [-0.3, -0.25) is 4.79 Å². The number of fused-ring (bicyclic) bond motifs is 1. The SMILES string of the molecule is O=C(O)C1(Sc2ccnc3sc(Br)cc23)CC(F)C1. The van der Waals surface area contributed by atoms with Crippen LogP contribution in [0.5, 0.6) is 0 Å². The predicted octanol–water partition coefficient (Wildman–Crippen LogP) is 4.11. The Labute approximate surface area is 125 Å². The molecule has 0 aromatic carbocycles. The lowest BCUT2D eigenvalue weighted by atomic mass is 9.82. The summed E-state index contributed by atoms with van der Waals surface area (Å²) in [6.07, 6.45) is 0.800. The van der Waals surface area contributed by atoms with Crippen molar-refractivity contribution in [1.29, 1.82) is 0 Å². The molecule has 7 heteroatoms. The Morgan fingerprint density at radius 1 is 1.63 bits per heavy atom. The van der Waals surface area contributed by atoms with Crippen LogP contribution in [0.3, 0.4) is 0 Å². The Balaban J connectivity index is 1.99. The van der Waals surface area contributed by atoms with E-state index in [-0.39, 0.29) is 12.8 Å². The first-order valence-corrected chi connectivity index (χ1v) is 8.03. The van der Waals surface area contributed by atoms with Gasteiger partial charge < -0.3 is 5.11 Å². The molecule has 1 saturated carbocycles. The molecule has 1 fully saturated rings. The van der Waals surface area contributed by atoms with Crippen molar-refractivity contribution in [3.8, 4) is 0 Å².